The summed E-state index contributed by atoms with van der Waals surface area (Å²) in [7, 11) is 0. The van der Waals surface area contributed by atoms with Gasteiger partial charge in [-0.15, -0.1) is 0 Å². The first-order valence-electron chi connectivity index (χ1n) is 18.9. The Morgan fingerprint density at radius 2 is 1.50 bits per heavy atom. The first kappa shape index (κ1) is 35.6. The van der Waals surface area contributed by atoms with Crippen LogP contribution in [-0.4, -0.2) is 61.1 Å². The van der Waals surface area contributed by atoms with Gasteiger partial charge >= 0.3 is 11.9 Å². The fraction of sp³-hybridized carbons (Fsp3) is 0.875. The summed E-state index contributed by atoms with van der Waals surface area (Å²) in [4.78, 5) is 40.3. The molecule has 0 bridgehead atoms. The normalized spacial score (nSPS) is 40.1. The van der Waals surface area contributed by atoms with Gasteiger partial charge in [0.05, 0.1) is 25.0 Å². The standard InChI is InChI=1S/C40H66NO5/c1-12-41(13-2,14-3)23-24-45-35(44)40-22-21-38(10)28(34(40)33(26(4)5)29(43)25-40)15-16-31-37(9)19-18-32(46-27(6)42)36(7,8)30(37)17-20-39(31,38)11/h26,28,30-32H,12-25H2,1-11H3/q+1/t28-,30+,31-,32+,37+,38-,39-,40-/m1/s1. The van der Waals surface area contributed by atoms with E-state index in [2.05, 4.69) is 69.2 Å². The molecule has 0 aliphatic heterocycles. The van der Waals surface area contributed by atoms with Crippen LogP contribution in [0.4, 0.5) is 0 Å². The van der Waals surface area contributed by atoms with Crippen LogP contribution in [0.25, 0.3) is 0 Å². The Morgan fingerprint density at radius 1 is 0.848 bits per heavy atom. The lowest BCUT2D eigenvalue weighted by Gasteiger charge is -2.72. The van der Waals surface area contributed by atoms with E-state index in [9.17, 15) is 14.4 Å². The monoisotopic (exact) mass is 640 g/mol. The molecule has 260 valence electrons. The SMILES string of the molecule is CC[N+](CC)(CC)CCOC(=O)[C@@]12CC[C@]3(C)[C@H](CC[C@@H]4[C@@]5(C)CC[C@H](OC(C)=O)C(C)(C)[C@@H]5CC[C@]43C)C1=C(C(C)C)C(=O)C2. The highest BCUT2D eigenvalue weighted by Crippen LogP contribution is 2.76. The molecule has 4 saturated carbocycles. The summed E-state index contributed by atoms with van der Waals surface area (Å²) in [5.74, 6) is 1.25. The maximum atomic E-state index is 14.4. The van der Waals surface area contributed by atoms with Crippen LogP contribution in [0.3, 0.4) is 0 Å². The van der Waals surface area contributed by atoms with E-state index in [0.29, 0.717) is 31.3 Å². The number of esters is 2. The zero-order valence-electron chi connectivity index (χ0n) is 31.3. The predicted molar refractivity (Wildman–Crippen MR) is 183 cm³/mol. The first-order chi connectivity index (χ1) is 21.4. The Kier molecular flexibility index (Phi) is 9.31. The number of Topliss-reactive ketones (excluding diaryl/α,β-unsaturated/α-hetero) is 1. The van der Waals surface area contributed by atoms with E-state index in [-0.39, 0.29) is 57.3 Å². The van der Waals surface area contributed by atoms with Gasteiger partial charge in [0.2, 0.25) is 0 Å². The average molecular weight is 641 g/mol. The van der Waals surface area contributed by atoms with Crippen molar-refractivity contribution in [2.45, 2.75) is 140 Å². The molecule has 5 aliphatic carbocycles. The third kappa shape index (κ3) is 4.99. The Balaban J connectivity index is 1.48. The number of fused-ring (bicyclic) bond motifs is 7. The Bertz CT molecular complexity index is 1250. The summed E-state index contributed by atoms with van der Waals surface area (Å²) in [5.41, 5.74) is 1.52. The molecule has 0 aromatic carbocycles. The molecular weight excluding hydrogens is 574 g/mol. The van der Waals surface area contributed by atoms with Crippen molar-refractivity contribution in [2.75, 3.05) is 32.8 Å². The molecule has 0 spiro atoms. The molecule has 6 nitrogen and oxygen atoms in total. The van der Waals surface area contributed by atoms with Gasteiger partial charge in [-0.05, 0) is 123 Å². The number of ketones is 1. The van der Waals surface area contributed by atoms with Crippen molar-refractivity contribution < 1.29 is 28.3 Å². The van der Waals surface area contributed by atoms with Crippen LogP contribution in [0.5, 0.6) is 0 Å². The number of quaternary nitrogens is 1. The van der Waals surface area contributed by atoms with E-state index in [1.54, 1.807) is 6.92 Å². The number of ether oxygens (including phenoxy) is 2. The van der Waals surface area contributed by atoms with E-state index in [4.69, 9.17) is 9.47 Å². The van der Waals surface area contributed by atoms with E-state index in [0.717, 1.165) is 81.2 Å². The molecule has 0 radical (unpaired) electrons. The Hall–Kier alpha value is -1.69. The number of nitrogens with zero attached hydrogens (tertiary/aromatic N) is 1. The predicted octanol–water partition coefficient (Wildman–Crippen LogP) is 8.32. The van der Waals surface area contributed by atoms with E-state index >= 15 is 0 Å². The number of hydrogen-bond acceptors (Lipinski definition) is 5. The summed E-state index contributed by atoms with van der Waals surface area (Å²) in [6.07, 6.45) is 8.37. The molecule has 6 heteroatoms. The van der Waals surface area contributed by atoms with Gasteiger partial charge in [0.15, 0.2) is 5.78 Å². The summed E-state index contributed by atoms with van der Waals surface area (Å²) in [6, 6.07) is 0. The molecule has 0 amide bonds. The van der Waals surface area contributed by atoms with Crippen molar-refractivity contribution in [3.63, 3.8) is 0 Å². The lowest BCUT2D eigenvalue weighted by molar-refractivity contribution is -0.923. The minimum absolute atomic E-state index is 0.00329. The number of hydrogen-bond donors (Lipinski definition) is 0. The number of carbonyl (C=O) groups excluding carboxylic acids is 3. The van der Waals surface area contributed by atoms with Crippen LogP contribution in [0.2, 0.25) is 0 Å². The van der Waals surface area contributed by atoms with Gasteiger partial charge < -0.3 is 14.0 Å². The Labute approximate surface area is 280 Å². The fourth-order valence-electron chi connectivity index (χ4n) is 12.9. The number of likely N-dealkylation sites (N-methyl/N-ethyl adjacent to an activating group) is 1. The van der Waals surface area contributed by atoms with Crippen LogP contribution in [0.1, 0.15) is 134 Å². The minimum atomic E-state index is -0.796. The number of allylic oxidation sites excluding steroid dienone is 1. The molecule has 46 heavy (non-hydrogen) atoms. The molecule has 0 aromatic heterocycles. The molecule has 0 heterocycles. The van der Waals surface area contributed by atoms with Gasteiger partial charge in [0.25, 0.3) is 0 Å². The summed E-state index contributed by atoms with van der Waals surface area (Å²) >= 11 is 0. The third-order valence-electron chi connectivity index (χ3n) is 15.9. The van der Waals surface area contributed by atoms with Crippen LogP contribution < -0.4 is 0 Å². The van der Waals surface area contributed by atoms with Crippen molar-refractivity contribution in [1.82, 2.24) is 0 Å². The molecule has 0 unspecified atom stereocenters. The second kappa shape index (κ2) is 12.0. The van der Waals surface area contributed by atoms with Gasteiger partial charge in [-0.1, -0.05) is 48.5 Å². The molecular formula is C40H66NO5+. The Morgan fingerprint density at radius 3 is 2.09 bits per heavy atom. The number of rotatable bonds is 9. The van der Waals surface area contributed by atoms with Crippen LogP contribution >= 0.6 is 0 Å². The largest absolute Gasteiger partial charge is 0.462 e. The van der Waals surface area contributed by atoms with Crippen LogP contribution in [-0.2, 0) is 23.9 Å². The van der Waals surface area contributed by atoms with Gasteiger partial charge in [0, 0.05) is 18.8 Å². The highest BCUT2D eigenvalue weighted by Gasteiger charge is 2.71. The highest BCUT2D eigenvalue weighted by molar-refractivity contribution is 6.06. The lowest BCUT2D eigenvalue weighted by Crippen LogP contribution is -2.66. The summed E-state index contributed by atoms with van der Waals surface area (Å²) < 4.78 is 13.1. The first-order valence-corrected chi connectivity index (χ1v) is 18.9. The van der Waals surface area contributed by atoms with Gasteiger partial charge in [0.1, 0.15) is 19.3 Å². The minimum Gasteiger partial charge on any atom is -0.462 e. The third-order valence-corrected chi connectivity index (χ3v) is 15.9. The lowest BCUT2D eigenvalue weighted by atomic mass is 9.33. The molecule has 4 fully saturated rings. The maximum absolute atomic E-state index is 14.4. The van der Waals surface area contributed by atoms with Crippen molar-refractivity contribution in [3.05, 3.63) is 11.1 Å². The van der Waals surface area contributed by atoms with E-state index in [1.807, 2.05) is 0 Å². The fourth-order valence-corrected chi connectivity index (χ4v) is 12.9. The maximum Gasteiger partial charge on any atom is 0.316 e. The molecule has 0 N–H and O–H groups in total. The molecule has 5 aliphatic rings. The van der Waals surface area contributed by atoms with Crippen LogP contribution in [0.15, 0.2) is 11.1 Å². The second-order valence-electron chi connectivity index (χ2n) is 17.9. The van der Waals surface area contributed by atoms with Crippen LogP contribution in [0, 0.1) is 50.7 Å². The van der Waals surface area contributed by atoms with Gasteiger partial charge in [-0.25, -0.2) is 0 Å². The van der Waals surface area contributed by atoms with Gasteiger partial charge in [-0.2, -0.15) is 0 Å². The van der Waals surface area contributed by atoms with E-state index in [1.165, 1.54) is 5.57 Å². The zero-order valence-corrected chi connectivity index (χ0v) is 31.3. The van der Waals surface area contributed by atoms with Crippen molar-refractivity contribution in [2.24, 2.45) is 50.7 Å². The number of carbonyl (C=O) groups is 3. The molecule has 8 atom stereocenters. The quantitative estimate of drug-likeness (QED) is 0.187. The van der Waals surface area contributed by atoms with Gasteiger partial charge in [-0.3, -0.25) is 14.4 Å². The smallest absolute Gasteiger partial charge is 0.316 e. The average Bonchev–Trinajstić information content (AvgIpc) is 3.30. The zero-order chi connectivity index (χ0) is 34.1. The summed E-state index contributed by atoms with van der Waals surface area (Å²) in [6.45, 7) is 29.2. The second-order valence-corrected chi connectivity index (χ2v) is 17.9. The van der Waals surface area contributed by atoms with E-state index < -0.39 is 5.41 Å². The van der Waals surface area contributed by atoms with Crippen molar-refractivity contribution in [3.8, 4) is 0 Å². The molecule has 0 aromatic rings. The topological polar surface area (TPSA) is 69.7 Å². The molecule has 0 saturated heterocycles. The highest BCUT2D eigenvalue weighted by atomic mass is 16.5. The van der Waals surface area contributed by atoms with Crippen molar-refractivity contribution >= 4 is 17.7 Å². The summed E-state index contributed by atoms with van der Waals surface area (Å²) in [5, 5.41) is 0. The van der Waals surface area contributed by atoms with Crippen molar-refractivity contribution in [1.29, 1.82) is 0 Å². The molecule has 5 rings (SSSR count).